The van der Waals surface area contributed by atoms with E-state index in [0.29, 0.717) is 0 Å². The molecule has 0 spiro atoms. The molecule has 0 amide bonds. The first-order valence-electron chi connectivity index (χ1n) is 6.68. The second-order valence-corrected chi connectivity index (χ2v) is 5.96. The lowest BCUT2D eigenvalue weighted by Gasteiger charge is -2.30. The van der Waals surface area contributed by atoms with E-state index in [1.165, 1.54) is 0 Å². The van der Waals surface area contributed by atoms with E-state index in [2.05, 4.69) is 19.9 Å². The molecule has 1 aliphatic carbocycles. The standard InChI is InChI=1S/C15H26FN/c1-5-15(6-2)10-8-12(13(16)11-15)7-9-14(3,4)17/h8,10-12H,5-7,9,17H2,1-4H3. The Morgan fingerprint density at radius 1 is 1.35 bits per heavy atom. The zero-order valence-electron chi connectivity index (χ0n) is 11.6. The minimum absolute atomic E-state index is 0.0282. The number of hydrogen-bond acceptors (Lipinski definition) is 1. The van der Waals surface area contributed by atoms with Gasteiger partial charge in [0.05, 0.1) is 0 Å². The molecule has 0 bridgehead atoms. The molecule has 0 heterocycles. The highest BCUT2D eigenvalue weighted by atomic mass is 19.1. The Labute approximate surface area is 105 Å². The van der Waals surface area contributed by atoms with Crippen LogP contribution < -0.4 is 5.73 Å². The van der Waals surface area contributed by atoms with Crippen molar-refractivity contribution in [3.8, 4) is 0 Å². The summed E-state index contributed by atoms with van der Waals surface area (Å²) in [6, 6.07) is 0. The van der Waals surface area contributed by atoms with E-state index in [4.69, 9.17) is 5.73 Å². The van der Waals surface area contributed by atoms with Crippen LogP contribution in [-0.4, -0.2) is 5.54 Å². The van der Waals surface area contributed by atoms with Crippen LogP contribution in [0.25, 0.3) is 0 Å². The fraction of sp³-hybridized carbons (Fsp3) is 0.733. The van der Waals surface area contributed by atoms with Gasteiger partial charge in [-0.15, -0.1) is 0 Å². The highest BCUT2D eigenvalue weighted by molar-refractivity contribution is 5.23. The van der Waals surface area contributed by atoms with Crippen LogP contribution in [0.2, 0.25) is 0 Å². The molecule has 0 aromatic carbocycles. The SMILES string of the molecule is CCC1(CC)C=CC(CCC(C)(C)N)C(F)=C1. The Morgan fingerprint density at radius 2 is 1.94 bits per heavy atom. The smallest absolute Gasteiger partial charge is 0.104 e. The molecule has 0 saturated carbocycles. The first kappa shape index (κ1) is 14.4. The van der Waals surface area contributed by atoms with Crippen LogP contribution >= 0.6 is 0 Å². The Morgan fingerprint density at radius 3 is 2.35 bits per heavy atom. The summed E-state index contributed by atoms with van der Waals surface area (Å²) in [5.41, 5.74) is 5.67. The molecule has 0 aromatic rings. The zero-order valence-corrected chi connectivity index (χ0v) is 11.6. The van der Waals surface area contributed by atoms with Gasteiger partial charge in [-0.25, -0.2) is 4.39 Å². The van der Waals surface area contributed by atoms with Crippen LogP contribution in [0.15, 0.2) is 24.1 Å². The number of allylic oxidation sites excluding steroid dienone is 4. The third-order valence-corrected chi connectivity index (χ3v) is 3.86. The van der Waals surface area contributed by atoms with Crippen molar-refractivity contribution in [1.82, 2.24) is 0 Å². The van der Waals surface area contributed by atoms with E-state index in [9.17, 15) is 4.39 Å². The molecule has 0 fully saturated rings. The average molecular weight is 239 g/mol. The van der Waals surface area contributed by atoms with E-state index in [1.807, 2.05) is 26.0 Å². The van der Waals surface area contributed by atoms with Crippen LogP contribution in [0, 0.1) is 11.3 Å². The van der Waals surface area contributed by atoms with Crippen molar-refractivity contribution in [1.29, 1.82) is 0 Å². The molecule has 0 aliphatic heterocycles. The van der Waals surface area contributed by atoms with Crippen molar-refractivity contribution in [2.24, 2.45) is 17.1 Å². The Balaban J connectivity index is 2.67. The second kappa shape index (κ2) is 5.34. The van der Waals surface area contributed by atoms with Crippen molar-refractivity contribution < 1.29 is 4.39 Å². The molecule has 0 saturated heterocycles. The Kier molecular flexibility index (Phi) is 4.54. The van der Waals surface area contributed by atoms with Crippen LogP contribution in [0.3, 0.4) is 0 Å². The fourth-order valence-corrected chi connectivity index (χ4v) is 2.28. The van der Waals surface area contributed by atoms with Gasteiger partial charge < -0.3 is 5.73 Å². The number of rotatable bonds is 5. The molecular formula is C15H26FN. The van der Waals surface area contributed by atoms with Crippen molar-refractivity contribution in [3.05, 3.63) is 24.1 Å². The first-order valence-corrected chi connectivity index (χ1v) is 6.68. The lowest BCUT2D eigenvalue weighted by atomic mass is 9.76. The lowest BCUT2D eigenvalue weighted by Crippen LogP contribution is -2.32. The first-order chi connectivity index (χ1) is 7.82. The molecule has 0 aromatic heterocycles. The van der Waals surface area contributed by atoms with Gasteiger partial charge in [0.2, 0.25) is 0 Å². The minimum Gasteiger partial charge on any atom is -0.326 e. The van der Waals surface area contributed by atoms with Gasteiger partial charge >= 0.3 is 0 Å². The zero-order chi connectivity index (χ0) is 13.1. The predicted molar refractivity (Wildman–Crippen MR) is 72.3 cm³/mol. The molecule has 1 unspecified atom stereocenters. The summed E-state index contributed by atoms with van der Waals surface area (Å²) in [6.45, 7) is 8.20. The highest BCUT2D eigenvalue weighted by Gasteiger charge is 2.28. The molecule has 2 heteroatoms. The van der Waals surface area contributed by atoms with Gasteiger partial charge in [0.15, 0.2) is 0 Å². The van der Waals surface area contributed by atoms with Gasteiger partial charge in [0.25, 0.3) is 0 Å². The van der Waals surface area contributed by atoms with Gasteiger partial charge in [-0.3, -0.25) is 0 Å². The Bertz CT molecular complexity index is 305. The predicted octanol–water partition coefficient (Wildman–Crippen LogP) is 4.35. The van der Waals surface area contributed by atoms with Crippen LogP contribution in [0.5, 0.6) is 0 Å². The van der Waals surface area contributed by atoms with E-state index in [0.717, 1.165) is 25.7 Å². The van der Waals surface area contributed by atoms with Crippen molar-refractivity contribution in [2.45, 2.75) is 58.9 Å². The van der Waals surface area contributed by atoms with Gasteiger partial charge in [-0.1, -0.05) is 26.0 Å². The summed E-state index contributed by atoms with van der Waals surface area (Å²) in [7, 11) is 0. The normalized spacial score (nSPS) is 23.6. The van der Waals surface area contributed by atoms with Crippen molar-refractivity contribution >= 4 is 0 Å². The van der Waals surface area contributed by atoms with E-state index >= 15 is 0 Å². The molecule has 1 atom stereocenters. The maximum Gasteiger partial charge on any atom is 0.104 e. The molecule has 1 rings (SSSR count). The summed E-state index contributed by atoms with van der Waals surface area (Å²) in [5, 5.41) is 0. The molecular weight excluding hydrogens is 213 g/mol. The number of halogens is 1. The summed E-state index contributed by atoms with van der Waals surface area (Å²) < 4.78 is 14.1. The third kappa shape index (κ3) is 3.95. The summed E-state index contributed by atoms with van der Waals surface area (Å²) >= 11 is 0. The summed E-state index contributed by atoms with van der Waals surface area (Å²) in [4.78, 5) is 0. The molecule has 2 N–H and O–H groups in total. The molecule has 1 aliphatic rings. The van der Waals surface area contributed by atoms with Crippen molar-refractivity contribution in [2.75, 3.05) is 0 Å². The maximum atomic E-state index is 14.1. The van der Waals surface area contributed by atoms with Gasteiger partial charge in [0, 0.05) is 16.9 Å². The number of nitrogens with two attached hydrogens (primary N) is 1. The monoisotopic (exact) mass is 239 g/mol. The molecule has 17 heavy (non-hydrogen) atoms. The highest BCUT2D eigenvalue weighted by Crippen LogP contribution is 2.39. The van der Waals surface area contributed by atoms with Crippen LogP contribution in [0.4, 0.5) is 4.39 Å². The van der Waals surface area contributed by atoms with Gasteiger partial charge in [-0.2, -0.15) is 0 Å². The minimum atomic E-state index is -0.210. The molecule has 0 radical (unpaired) electrons. The molecule has 98 valence electrons. The third-order valence-electron chi connectivity index (χ3n) is 3.86. The quantitative estimate of drug-likeness (QED) is 0.709. The lowest BCUT2D eigenvalue weighted by molar-refractivity contribution is 0.370. The van der Waals surface area contributed by atoms with Gasteiger partial charge in [-0.05, 0) is 45.6 Å². The topological polar surface area (TPSA) is 26.0 Å². The fourth-order valence-electron chi connectivity index (χ4n) is 2.28. The van der Waals surface area contributed by atoms with Crippen LogP contribution in [-0.2, 0) is 0 Å². The Hall–Kier alpha value is -0.630. The molecule has 1 nitrogen and oxygen atoms in total. The van der Waals surface area contributed by atoms with E-state index < -0.39 is 0 Å². The van der Waals surface area contributed by atoms with E-state index in [1.54, 1.807) is 0 Å². The van der Waals surface area contributed by atoms with Gasteiger partial charge in [0.1, 0.15) is 5.83 Å². The maximum absolute atomic E-state index is 14.1. The van der Waals surface area contributed by atoms with Crippen molar-refractivity contribution in [3.63, 3.8) is 0 Å². The van der Waals surface area contributed by atoms with E-state index in [-0.39, 0.29) is 22.7 Å². The largest absolute Gasteiger partial charge is 0.326 e. The summed E-state index contributed by atoms with van der Waals surface area (Å²) in [5.74, 6) is -0.0375. The summed E-state index contributed by atoms with van der Waals surface area (Å²) in [6.07, 6.45) is 9.60. The number of hydrogen-bond donors (Lipinski definition) is 1. The van der Waals surface area contributed by atoms with Crippen LogP contribution in [0.1, 0.15) is 53.4 Å². The average Bonchev–Trinajstić information content (AvgIpc) is 2.26. The second-order valence-electron chi connectivity index (χ2n) is 5.96.